The van der Waals surface area contributed by atoms with Crippen molar-refractivity contribution in [3.05, 3.63) is 0 Å². The standard InChI is InChI=1S/C15H25N3O5/c1-23-12(14(20)21)10-16-13(19)11-4-8-18(9-5-11)15(22)17-6-2-3-7-17/h11-12H,2-10H2,1H3,(H,16,19)(H,20,21). The lowest BCUT2D eigenvalue weighted by Gasteiger charge is -2.34. The Morgan fingerprint density at radius 3 is 2.22 bits per heavy atom. The molecule has 0 bridgehead atoms. The lowest BCUT2D eigenvalue weighted by Crippen LogP contribution is -2.48. The van der Waals surface area contributed by atoms with Gasteiger partial charge in [0.15, 0.2) is 6.10 Å². The Balaban J connectivity index is 1.74. The monoisotopic (exact) mass is 327 g/mol. The van der Waals surface area contributed by atoms with Crippen molar-refractivity contribution in [3.63, 3.8) is 0 Å². The average Bonchev–Trinajstić information content (AvgIpc) is 3.09. The molecule has 2 aliphatic heterocycles. The number of piperidine rings is 1. The fraction of sp³-hybridized carbons (Fsp3) is 0.800. The zero-order valence-corrected chi connectivity index (χ0v) is 13.5. The Hall–Kier alpha value is -1.83. The quantitative estimate of drug-likeness (QED) is 0.748. The SMILES string of the molecule is COC(CNC(=O)C1CCN(C(=O)N2CCCC2)CC1)C(=O)O. The van der Waals surface area contributed by atoms with Crippen LogP contribution in [0.3, 0.4) is 0 Å². The first-order chi connectivity index (χ1) is 11.0. The highest BCUT2D eigenvalue weighted by Crippen LogP contribution is 2.20. The van der Waals surface area contributed by atoms with Gasteiger partial charge >= 0.3 is 12.0 Å². The molecular weight excluding hydrogens is 302 g/mol. The molecule has 2 aliphatic rings. The third kappa shape index (κ3) is 4.57. The molecule has 2 rings (SSSR count). The molecule has 1 atom stereocenters. The number of carboxylic acid groups (broad SMARTS) is 1. The van der Waals surface area contributed by atoms with Crippen LogP contribution in [0.5, 0.6) is 0 Å². The lowest BCUT2D eigenvalue weighted by molar-refractivity contribution is -0.148. The van der Waals surface area contributed by atoms with E-state index >= 15 is 0 Å². The number of urea groups is 1. The Bertz CT molecular complexity index is 442. The van der Waals surface area contributed by atoms with Crippen molar-refractivity contribution >= 4 is 17.9 Å². The molecule has 8 heteroatoms. The van der Waals surface area contributed by atoms with E-state index in [0.717, 1.165) is 25.9 Å². The number of ether oxygens (including phenoxy) is 1. The van der Waals surface area contributed by atoms with Crippen molar-refractivity contribution in [1.29, 1.82) is 0 Å². The highest BCUT2D eigenvalue weighted by Gasteiger charge is 2.30. The number of nitrogens with zero attached hydrogens (tertiary/aromatic N) is 2. The first-order valence-electron chi connectivity index (χ1n) is 8.10. The van der Waals surface area contributed by atoms with E-state index in [0.29, 0.717) is 25.9 Å². The van der Waals surface area contributed by atoms with Gasteiger partial charge in [0.2, 0.25) is 5.91 Å². The molecular formula is C15H25N3O5. The molecule has 2 heterocycles. The average molecular weight is 327 g/mol. The van der Waals surface area contributed by atoms with Gasteiger partial charge in [0.1, 0.15) is 0 Å². The third-order valence-corrected chi connectivity index (χ3v) is 4.53. The number of carboxylic acids is 1. The second-order valence-electron chi connectivity index (χ2n) is 6.05. The molecule has 0 spiro atoms. The number of nitrogens with one attached hydrogen (secondary N) is 1. The largest absolute Gasteiger partial charge is 0.479 e. The maximum absolute atomic E-state index is 12.3. The van der Waals surface area contributed by atoms with Crippen molar-refractivity contribution in [2.45, 2.75) is 31.8 Å². The molecule has 0 aliphatic carbocycles. The topological polar surface area (TPSA) is 99.2 Å². The Labute approximate surface area is 135 Å². The number of carbonyl (C=O) groups is 3. The Kier molecular flexibility index (Phi) is 6.20. The molecule has 2 N–H and O–H groups in total. The summed E-state index contributed by atoms with van der Waals surface area (Å²) in [6.45, 7) is 2.75. The van der Waals surface area contributed by atoms with E-state index in [1.54, 1.807) is 0 Å². The van der Waals surface area contributed by atoms with Crippen LogP contribution >= 0.6 is 0 Å². The van der Waals surface area contributed by atoms with E-state index in [4.69, 9.17) is 9.84 Å². The van der Waals surface area contributed by atoms with Gasteiger partial charge in [-0.15, -0.1) is 0 Å². The first-order valence-corrected chi connectivity index (χ1v) is 8.10. The minimum Gasteiger partial charge on any atom is -0.479 e. The molecule has 23 heavy (non-hydrogen) atoms. The summed E-state index contributed by atoms with van der Waals surface area (Å²) in [6, 6.07) is 0.0756. The van der Waals surface area contributed by atoms with Crippen LogP contribution in [0.25, 0.3) is 0 Å². The summed E-state index contributed by atoms with van der Waals surface area (Å²) in [5.74, 6) is -1.44. The minimum absolute atomic E-state index is 0.0441. The normalized spacial score (nSPS) is 20.4. The van der Waals surface area contributed by atoms with Crippen molar-refractivity contribution in [1.82, 2.24) is 15.1 Å². The highest BCUT2D eigenvalue weighted by atomic mass is 16.5. The number of hydrogen-bond donors (Lipinski definition) is 2. The van der Waals surface area contributed by atoms with Crippen molar-refractivity contribution in [2.24, 2.45) is 5.92 Å². The summed E-state index contributed by atoms with van der Waals surface area (Å²) in [4.78, 5) is 38.9. The first kappa shape index (κ1) is 17.5. The molecule has 0 aromatic heterocycles. The van der Waals surface area contributed by atoms with E-state index in [1.807, 2.05) is 9.80 Å². The van der Waals surface area contributed by atoms with Crippen LogP contribution < -0.4 is 5.32 Å². The number of hydrogen-bond acceptors (Lipinski definition) is 4. The summed E-state index contributed by atoms with van der Waals surface area (Å²) in [5.41, 5.74) is 0. The zero-order chi connectivity index (χ0) is 16.8. The molecule has 8 nitrogen and oxygen atoms in total. The Morgan fingerprint density at radius 1 is 1.13 bits per heavy atom. The van der Waals surface area contributed by atoms with Gasteiger partial charge in [0.05, 0.1) is 6.54 Å². The molecule has 3 amide bonds. The highest BCUT2D eigenvalue weighted by molar-refractivity contribution is 5.81. The van der Waals surface area contributed by atoms with Crippen LogP contribution in [0.4, 0.5) is 4.79 Å². The van der Waals surface area contributed by atoms with E-state index < -0.39 is 12.1 Å². The predicted molar refractivity (Wildman–Crippen MR) is 81.9 cm³/mol. The van der Waals surface area contributed by atoms with Gasteiger partial charge in [0, 0.05) is 39.2 Å². The predicted octanol–water partition coefficient (Wildman–Crippen LogP) is 0.130. The summed E-state index contributed by atoms with van der Waals surface area (Å²) in [5, 5.41) is 11.5. The van der Waals surface area contributed by atoms with Crippen LogP contribution in [-0.2, 0) is 14.3 Å². The molecule has 0 saturated carbocycles. The maximum Gasteiger partial charge on any atom is 0.334 e. The Morgan fingerprint density at radius 2 is 1.70 bits per heavy atom. The van der Waals surface area contributed by atoms with Crippen molar-refractivity contribution in [3.8, 4) is 0 Å². The van der Waals surface area contributed by atoms with Gasteiger partial charge in [-0.05, 0) is 25.7 Å². The van der Waals surface area contributed by atoms with Gasteiger partial charge in [0.25, 0.3) is 0 Å². The molecule has 2 saturated heterocycles. The van der Waals surface area contributed by atoms with E-state index in [9.17, 15) is 14.4 Å². The maximum atomic E-state index is 12.3. The number of aliphatic carboxylic acids is 1. The fourth-order valence-corrected chi connectivity index (χ4v) is 3.05. The van der Waals surface area contributed by atoms with Gasteiger partial charge in [-0.1, -0.05) is 0 Å². The molecule has 0 aromatic carbocycles. The van der Waals surface area contributed by atoms with E-state index in [1.165, 1.54) is 7.11 Å². The number of carbonyl (C=O) groups excluding carboxylic acids is 2. The summed E-state index contributed by atoms with van der Waals surface area (Å²) < 4.78 is 4.78. The van der Waals surface area contributed by atoms with Crippen LogP contribution in [0.2, 0.25) is 0 Å². The van der Waals surface area contributed by atoms with Crippen LogP contribution in [0.1, 0.15) is 25.7 Å². The van der Waals surface area contributed by atoms with Crippen LogP contribution in [-0.4, -0.2) is 78.8 Å². The third-order valence-electron chi connectivity index (χ3n) is 4.53. The summed E-state index contributed by atoms with van der Waals surface area (Å²) in [7, 11) is 1.30. The summed E-state index contributed by atoms with van der Waals surface area (Å²) >= 11 is 0. The zero-order valence-electron chi connectivity index (χ0n) is 13.5. The van der Waals surface area contributed by atoms with E-state index in [2.05, 4.69) is 5.32 Å². The second-order valence-corrected chi connectivity index (χ2v) is 6.05. The fourth-order valence-electron chi connectivity index (χ4n) is 3.05. The molecule has 1 unspecified atom stereocenters. The number of likely N-dealkylation sites (tertiary alicyclic amines) is 2. The number of rotatable bonds is 5. The summed E-state index contributed by atoms with van der Waals surface area (Å²) in [6.07, 6.45) is 2.31. The molecule has 2 fully saturated rings. The second kappa shape index (κ2) is 8.14. The molecule has 130 valence electrons. The van der Waals surface area contributed by atoms with Crippen molar-refractivity contribution in [2.75, 3.05) is 39.8 Å². The number of amides is 3. The smallest absolute Gasteiger partial charge is 0.334 e. The van der Waals surface area contributed by atoms with Gasteiger partial charge in [-0.25, -0.2) is 9.59 Å². The van der Waals surface area contributed by atoms with Crippen molar-refractivity contribution < 1.29 is 24.2 Å². The lowest BCUT2D eigenvalue weighted by atomic mass is 9.96. The van der Waals surface area contributed by atoms with Gasteiger partial charge < -0.3 is 25.0 Å². The number of methoxy groups -OCH3 is 1. The van der Waals surface area contributed by atoms with Crippen LogP contribution in [0, 0.1) is 5.92 Å². The van der Waals surface area contributed by atoms with Gasteiger partial charge in [-0.2, -0.15) is 0 Å². The molecule has 0 radical (unpaired) electrons. The molecule has 0 aromatic rings. The minimum atomic E-state index is -1.10. The van der Waals surface area contributed by atoms with Crippen LogP contribution in [0.15, 0.2) is 0 Å². The van der Waals surface area contributed by atoms with E-state index in [-0.39, 0.29) is 24.4 Å². The van der Waals surface area contributed by atoms with Gasteiger partial charge in [-0.3, -0.25) is 4.79 Å².